The lowest BCUT2D eigenvalue weighted by molar-refractivity contribution is -0.139. The molecule has 15 heteroatoms. The van der Waals surface area contributed by atoms with Crippen molar-refractivity contribution in [3.05, 3.63) is 36.3 Å². The number of hydrogen-bond donors (Lipinski definition) is 4. The van der Waals surface area contributed by atoms with E-state index in [1.165, 1.54) is 4.90 Å². The summed E-state index contributed by atoms with van der Waals surface area (Å²) < 4.78 is 53.1. The van der Waals surface area contributed by atoms with E-state index in [0.717, 1.165) is 10.9 Å². The van der Waals surface area contributed by atoms with Crippen molar-refractivity contribution in [2.75, 3.05) is 34.8 Å². The number of aromatic nitrogens is 5. The highest BCUT2D eigenvalue weighted by Crippen LogP contribution is 2.27. The molecule has 3 aromatic rings. The molecule has 2 aromatic heterocycles. The Hall–Kier alpha value is -4.17. The van der Waals surface area contributed by atoms with Crippen molar-refractivity contribution in [1.29, 1.82) is 0 Å². The maximum absolute atomic E-state index is 14.6. The van der Waals surface area contributed by atoms with E-state index in [0.29, 0.717) is 17.8 Å². The number of hydrogen-bond acceptors (Lipinski definition) is 9. The van der Waals surface area contributed by atoms with Gasteiger partial charge in [-0.25, -0.2) is 9.37 Å². The van der Waals surface area contributed by atoms with Crippen LogP contribution >= 0.6 is 0 Å². The van der Waals surface area contributed by atoms with E-state index < -0.39 is 30.5 Å². The fourth-order valence-electron chi connectivity index (χ4n) is 3.52. The van der Waals surface area contributed by atoms with Crippen molar-refractivity contribution in [3.63, 3.8) is 0 Å². The summed E-state index contributed by atoms with van der Waals surface area (Å²) >= 11 is 0. The number of alkyl halides is 3. The third kappa shape index (κ3) is 5.07. The first-order valence-corrected chi connectivity index (χ1v) is 10.1. The van der Waals surface area contributed by atoms with Crippen LogP contribution in [0.25, 0.3) is 5.95 Å². The summed E-state index contributed by atoms with van der Waals surface area (Å²) in [5, 5.41) is 8.92. The molecule has 1 aliphatic heterocycles. The van der Waals surface area contributed by atoms with Crippen LogP contribution < -0.4 is 27.0 Å². The standard InChI is InChI=1S/C19H20F4N10O.5H2/c20-12-8-26-18(33-16(25)30-17(31-33)28-11-4-1-3-10(24)7-11)29-14(12)32-6-2-5-13(32)15(34)27-9-19(21,22)23;;;;;/h1,3-4,7-8,13H,2,5-6,9,24H2,(H,27,34)(H3,25,28,30,31);5*1H. The molecule has 1 unspecified atom stereocenters. The second-order valence-electron chi connectivity index (χ2n) is 7.48. The van der Waals surface area contributed by atoms with E-state index in [1.807, 2.05) is 5.32 Å². The molecular weight excluding hydrogens is 460 g/mol. The van der Waals surface area contributed by atoms with Crippen LogP contribution in [0.5, 0.6) is 0 Å². The zero-order valence-electron chi connectivity index (χ0n) is 17.6. The van der Waals surface area contributed by atoms with E-state index in [-0.39, 0.29) is 43.8 Å². The van der Waals surface area contributed by atoms with Crippen molar-refractivity contribution in [1.82, 2.24) is 30.0 Å². The molecule has 0 saturated carbocycles. The molecule has 3 heterocycles. The molecule has 0 bridgehead atoms. The van der Waals surface area contributed by atoms with E-state index in [2.05, 4.69) is 25.4 Å². The SMILES string of the molecule is Nc1cccc(Nc2nc(N)n(-c3ncc(F)c(N4CCCC4C(=O)NCC(F)(F)F)n3)n2)c1.[HH].[HH].[HH].[HH].[HH]. The Balaban J connectivity index is 0. The van der Waals surface area contributed by atoms with Crippen LogP contribution in [-0.2, 0) is 4.79 Å². The predicted molar refractivity (Wildman–Crippen MR) is 125 cm³/mol. The van der Waals surface area contributed by atoms with Crippen LogP contribution in [0.3, 0.4) is 0 Å². The Morgan fingerprint density at radius 3 is 2.79 bits per heavy atom. The molecule has 1 fully saturated rings. The van der Waals surface area contributed by atoms with Gasteiger partial charge in [-0.2, -0.15) is 27.8 Å². The van der Waals surface area contributed by atoms with Crippen LogP contribution in [0, 0.1) is 5.82 Å². The van der Waals surface area contributed by atoms with Crippen LogP contribution in [0.1, 0.15) is 20.0 Å². The molecule has 1 aromatic carbocycles. The number of carbonyl (C=O) groups excluding carboxylic acids is 1. The Morgan fingerprint density at radius 2 is 2.06 bits per heavy atom. The normalized spacial score (nSPS) is 16.0. The van der Waals surface area contributed by atoms with E-state index in [4.69, 9.17) is 11.5 Å². The van der Waals surface area contributed by atoms with Gasteiger partial charge in [-0.1, -0.05) is 6.07 Å². The number of halogens is 4. The average molecular weight is 491 g/mol. The van der Waals surface area contributed by atoms with Gasteiger partial charge in [-0.15, -0.1) is 5.10 Å². The van der Waals surface area contributed by atoms with Gasteiger partial charge in [0.15, 0.2) is 11.6 Å². The highest BCUT2D eigenvalue weighted by Gasteiger charge is 2.36. The van der Waals surface area contributed by atoms with Gasteiger partial charge in [0.2, 0.25) is 17.8 Å². The fraction of sp³-hybridized carbons (Fsp3) is 0.316. The Bertz CT molecular complexity index is 1220. The lowest BCUT2D eigenvalue weighted by atomic mass is 10.2. The zero-order valence-corrected chi connectivity index (χ0v) is 17.6. The predicted octanol–water partition coefficient (Wildman–Crippen LogP) is 2.98. The minimum absolute atomic E-state index is 0. The van der Waals surface area contributed by atoms with Gasteiger partial charge in [0.05, 0.1) is 6.20 Å². The van der Waals surface area contributed by atoms with Crippen LogP contribution in [-0.4, -0.2) is 55.9 Å². The summed E-state index contributed by atoms with van der Waals surface area (Å²) in [6.45, 7) is -1.27. The molecule has 11 nitrogen and oxygen atoms in total. The molecule has 0 radical (unpaired) electrons. The van der Waals surface area contributed by atoms with Gasteiger partial charge in [0, 0.05) is 25.1 Å². The molecule has 4 rings (SSSR count). The van der Waals surface area contributed by atoms with Gasteiger partial charge in [0.25, 0.3) is 5.95 Å². The Kier molecular flexibility index (Phi) is 6.08. The monoisotopic (exact) mass is 490 g/mol. The quantitative estimate of drug-likeness (QED) is 0.302. The number of anilines is 5. The zero-order chi connectivity index (χ0) is 24.5. The lowest BCUT2D eigenvalue weighted by Gasteiger charge is -2.25. The van der Waals surface area contributed by atoms with E-state index >= 15 is 0 Å². The second-order valence-corrected chi connectivity index (χ2v) is 7.48. The maximum Gasteiger partial charge on any atom is 0.405 e. The fourth-order valence-corrected chi connectivity index (χ4v) is 3.52. The highest BCUT2D eigenvalue weighted by molar-refractivity contribution is 5.85. The molecule has 190 valence electrons. The number of amides is 1. The minimum Gasteiger partial charge on any atom is -0.399 e. The maximum atomic E-state index is 14.6. The van der Waals surface area contributed by atoms with Crippen LogP contribution in [0.2, 0.25) is 0 Å². The number of benzene rings is 1. The summed E-state index contributed by atoms with van der Waals surface area (Å²) in [7, 11) is 0. The molecule has 6 N–H and O–H groups in total. The van der Waals surface area contributed by atoms with Gasteiger partial charge < -0.3 is 27.0 Å². The van der Waals surface area contributed by atoms with Crippen molar-refractivity contribution >= 4 is 35.0 Å². The summed E-state index contributed by atoms with van der Waals surface area (Å²) in [4.78, 5) is 25.7. The number of nitrogens with two attached hydrogens (primary N) is 2. The summed E-state index contributed by atoms with van der Waals surface area (Å²) in [5.41, 5.74) is 12.8. The van der Waals surface area contributed by atoms with Crippen molar-refractivity contribution in [2.24, 2.45) is 0 Å². The highest BCUT2D eigenvalue weighted by atomic mass is 19.4. The molecule has 1 saturated heterocycles. The number of nitrogen functional groups attached to an aromatic ring is 2. The number of nitrogens with one attached hydrogen (secondary N) is 2. The second kappa shape index (κ2) is 8.99. The van der Waals surface area contributed by atoms with Crippen molar-refractivity contribution < 1.29 is 29.5 Å². The van der Waals surface area contributed by atoms with E-state index in [1.54, 1.807) is 24.3 Å². The smallest absolute Gasteiger partial charge is 0.399 e. The lowest BCUT2D eigenvalue weighted by Crippen LogP contribution is -2.46. The third-order valence-corrected chi connectivity index (χ3v) is 4.97. The van der Waals surface area contributed by atoms with Crippen molar-refractivity contribution in [3.8, 4) is 5.95 Å². The first-order chi connectivity index (χ1) is 16.1. The summed E-state index contributed by atoms with van der Waals surface area (Å²) in [5.74, 6) is -2.12. The van der Waals surface area contributed by atoms with Crippen LogP contribution in [0.15, 0.2) is 30.5 Å². The third-order valence-electron chi connectivity index (χ3n) is 4.97. The number of nitrogens with zero attached hydrogens (tertiary/aromatic N) is 6. The molecule has 0 aliphatic carbocycles. The number of rotatable bonds is 6. The minimum atomic E-state index is -4.56. The average Bonchev–Trinajstić information content (AvgIpc) is 3.39. The van der Waals surface area contributed by atoms with Gasteiger partial charge in [-0.3, -0.25) is 4.79 Å². The van der Waals surface area contributed by atoms with E-state index in [9.17, 15) is 22.4 Å². The van der Waals surface area contributed by atoms with Gasteiger partial charge in [0.1, 0.15) is 12.6 Å². The molecule has 1 atom stereocenters. The Labute approximate surface area is 197 Å². The number of carbonyl (C=O) groups is 1. The summed E-state index contributed by atoms with van der Waals surface area (Å²) in [6.07, 6.45) is -2.99. The summed E-state index contributed by atoms with van der Waals surface area (Å²) in [6, 6.07) is 5.80. The molecule has 0 spiro atoms. The van der Waals surface area contributed by atoms with Gasteiger partial charge in [-0.05, 0) is 31.0 Å². The molecule has 1 amide bonds. The molecule has 1 aliphatic rings. The van der Waals surface area contributed by atoms with Crippen molar-refractivity contribution in [2.45, 2.75) is 25.1 Å². The molecule has 34 heavy (non-hydrogen) atoms. The molecular formula is C19H30F4N10O. The van der Waals surface area contributed by atoms with Crippen LogP contribution in [0.4, 0.5) is 46.7 Å². The topological polar surface area (TPSA) is 153 Å². The first-order valence-electron chi connectivity index (χ1n) is 10.1. The Morgan fingerprint density at radius 1 is 1.26 bits per heavy atom. The van der Waals surface area contributed by atoms with Gasteiger partial charge >= 0.3 is 6.18 Å². The largest absolute Gasteiger partial charge is 0.405 e. The first kappa shape index (κ1) is 23.0.